The molecule has 1 aromatic heterocycles. The van der Waals surface area contributed by atoms with Crippen LogP contribution in [0.15, 0.2) is 60.8 Å². The molecule has 3 aliphatic rings. The number of hydrogen-bond acceptors (Lipinski definition) is 4. The number of aromatic nitrogens is 1. The first-order chi connectivity index (χ1) is 19.5. The fraction of sp³-hybridized carbons (Fsp3) is 0.438. The Morgan fingerprint density at radius 1 is 0.750 bits per heavy atom. The van der Waals surface area contributed by atoms with Gasteiger partial charge in [0.2, 0.25) is 17.7 Å². The smallest absolute Gasteiger partial charge is 0.246 e. The third-order valence-corrected chi connectivity index (χ3v) is 8.77. The standard InChI is InChI=1S/C32H36N4O4/c37-25-18-22(17-23-20-33-27-11-5-4-10-26(23)27)31(39)36-15-7-13-29(36)32(40)35-14-6-12-28(35)30(38)34-24(19-25)16-21-8-2-1-3-9-21/h1-5,8-11,20,22,24,28-29,33H,6-7,12-19H2,(H,34,38)/t22-,24-,28+,29+/m1/s1. The monoisotopic (exact) mass is 540 g/mol. The number of fused-ring (bicyclic) bond motifs is 3. The van der Waals surface area contributed by atoms with Crippen LogP contribution in [0.25, 0.3) is 10.9 Å². The number of benzene rings is 2. The van der Waals surface area contributed by atoms with Gasteiger partial charge in [-0.3, -0.25) is 19.2 Å². The van der Waals surface area contributed by atoms with E-state index in [0.717, 1.165) is 34.9 Å². The minimum Gasteiger partial charge on any atom is -0.361 e. The van der Waals surface area contributed by atoms with E-state index in [9.17, 15) is 19.2 Å². The number of carbonyl (C=O) groups is 4. The van der Waals surface area contributed by atoms with Gasteiger partial charge in [-0.05, 0) is 55.7 Å². The molecule has 0 aliphatic carbocycles. The first-order valence-electron chi connectivity index (χ1n) is 14.5. The van der Waals surface area contributed by atoms with Gasteiger partial charge in [-0.1, -0.05) is 48.5 Å². The summed E-state index contributed by atoms with van der Waals surface area (Å²) < 4.78 is 0. The lowest BCUT2D eigenvalue weighted by Crippen LogP contribution is -2.54. The van der Waals surface area contributed by atoms with E-state index in [1.165, 1.54) is 0 Å². The van der Waals surface area contributed by atoms with Gasteiger partial charge in [-0.2, -0.15) is 0 Å². The Kier molecular flexibility index (Phi) is 7.41. The normalized spacial score (nSPS) is 26.2. The van der Waals surface area contributed by atoms with E-state index in [1.54, 1.807) is 9.80 Å². The Hall–Kier alpha value is -3.94. The minimum atomic E-state index is -0.581. The van der Waals surface area contributed by atoms with E-state index in [-0.39, 0.29) is 36.3 Å². The molecule has 8 heteroatoms. The van der Waals surface area contributed by atoms with Crippen LogP contribution in [0, 0.1) is 5.92 Å². The molecule has 3 saturated heterocycles. The van der Waals surface area contributed by atoms with Crippen LogP contribution in [0.5, 0.6) is 0 Å². The van der Waals surface area contributed by atoms with Gasteiger partial charge in [0, 0.05) is 55.0 Å². The van der Waals surface area contributed by atoms with Crippen LogP contribution in [0.1, 0.15) is 49.7 Å². The average molecular weight is 541 g/mol. The highest BCUT2D eigenvalue weighted by Gasteiger charge is 2.44. The Bertz CT molecular complexity index is 1420. The van der Waals surface area contributed by atoms with Gasteiger partial charge in [0.25, 0.3) is 0 Å². The lowest BCUT2D eigenvalue weighted by atomic mass is 9.89. The van der Waals surface area contributed by atoms with Crippen molar-refractivity contribution >= 4 is 34.4 Å². The molecule has 40 heavy (non-hydrogen) atoms. The van der Waals surface area contributed by atoms with E-state index >= 15 is 0 Å². The number of H-pyrrole nitrogens is 1. The van der Waals surface area contributed by atoms with Crippen molar-refractivity contribution in [3.05, 3.63) is 71.9 Å². The summed E-state index contributed by atoms with van der Waals surface area (Å²) in [7, 11) is 0. The summed E-state index contributed by atoms with van der Waals surface area (Å²) in [5, 5.41) is 4.16. The predicted octanol–water partition coefficient (Wildman–Crippen LogP) is 3.40. The highest BCUT2D eigenvalue weighted by Crippen LogP contribution is 2.30. The highest BCUT2D eigenvalue weighted by atomic mass is 16.2. The first-order valence-corrected chi connectivity index (χ1v) is 14.5. The third-order valence-electron chi connectivity index (χ3n) is 8.77. The predicted molar refractivity (Wildman–Crippen MR) is 151 cm³/mol. The molecule has 0 spiro atoms. The Labute approximate surface area is 234 Å². The fourth-order valence-corrected chi connectivity index (χ4v) is 6.83. The number of hydrogen-bond donors (Lipinski definition) is 2. The third kappa shape index (κ3) is 5.27. The molecule has 208 valence electrons. The molecule has 0 radical (unpaired) electrons. The number of nitrogens with zero attached hydrogens (tertiary/aromatic N) is 2. The Morgan fingerprint density at radius 2 is 1.45 bits per heavy atom. The average Bonchev–Trinajstić information content (AvgIpc) is 3.72. The number of aromatic amines is 1. The lowest BCUT2D eigenvalue weighted by Gasteiger charge is -2.32. The maximum Gasteiger partial charge on any atom is 0.246 e. The molecule has 4 atom stereocenters. The summed E-state index contributed by atoms with van der Waals surface area (Å²) in [6, 6.07) is 16.2. The van der Waals surface area contributed by atoms with Gasteiger partial charge < -0.3 is 20.1 Å². The van der Waals surface area contributed by atoms with Crippen molar-refractivity contribution in [3.63, 3.8) is 0 Å². The minimum absolute atomic E-state index is 0.0518. The van der Waals surface area contributed by atoms with Crippen LogP contribution in [-0.2, 0) is 32.0 Å². The van der Waals surface area contributed by atoms with Crippen LogP contribution in [0.4, 0.5) is 0 Å². The van der Waals surface area contributed by atoms with Gasteiger partial charge in [0.05, 0.1) is 0 Å². The SMILES string of the molecule is O=C1C[C@@H](Cc2ccccc2)NC(=O)[C@@H]2CCCN2C(=O)[C@@H]2CCCN2C(=O)[C@H](Cc2c[nH]c3ccccc23)C1. The molecule has 8 nitrogen and oxygen atoms in total. The van der Waals surface area contributed by atoms with Gasteiger partial charge in [-0.25, -0.2) is 0 Å². The molecule has 3 aliphatic heterocycles. The van der Waals surface area contributed by atoms with Crippen molar-refractivity contribution in [2.75, 3.05) is 13.1 Å². The molecule has 0 bridgehead atoms. The van der Waals surface area contributed by atoms with Crippen LogP contribution >= 0.6 is 0 Å². The second-order valence-corrected chi connectivity index (χ2v) is 11.5. The van der Waals surface area contributed by atoms with Gasteiger partial charge in [-0.15, -0.1) is 0 Å². The number of Topliss-reactive ketones (excluding diaryl/α,β-unsaturated/α-hetero) is 1. The summed E-state index contributed by atoms with van der Waals surface area (Å²) in [6.07, 6.45) is 5.71. The quantitative estimate of drug-likeness (QED) is 0.530. The van der Waals surface area contributed by atoms with E-state index < -0.39 is 24.0 Å². The molecule has 3 aromatic rings. The van der Waals surface area contributed by atoms with Gasteiger partial charge in [0.1, 0.15) is 17.9 Å². The molecule has 6 rings (SSSR count). The van der Waals surface area contributed by atoms with Crippen molar-refractivity contribution in [2.45, 2.75) is 69.5 Å². The summed E-state index contributed by atoms with van der Waals surface area (Å²) >= 11 is 0. The number of amides is 3. The topological polar surface area (TPSA) is 103 Å². The molecule has 3 amide bonds. The van der Waals surface area contributed by atoms with Crippen molar-refractivity contribution < 1.29 is 19.2 Å². The zero-order chi connectivity index (χ0) is 27.6. The zero-order valence-corrected chi connectivity index (χ0v) is 22.7. The molecule has 3 fully saturated rings. The first kappa shape index (κ1) is 26.3. The van der Waals surface area contributed by atoms with E-state index in [2.05, 4.69) is 10.3 Å². The Morgan fingerprint density at radius 3 is 2.25 bits per heavy atom. The molecule has 2 aromatic carbocycles. The van der Waals surface area contributed by atoms with Crippen molar-refractivity contribution in [1.82, 2.24) is 20.1 Å². The van der Waals surface area contributed by atoms with Gasteiger partial charge >= 0.3 is 0 Å². The molecule has 4 heterocycles. The van der Waals surface area contributed by atoms with Crippen LogP contribution < -0.4 is 5.32 Å². The number of carbonyl (C=O) groups excluding carboxylic acids is 4. The molecule has 0 unspecified atom stereocenters. The van der Waals surface area contributed by atoms with Crippen molar-refractivity contribution in [1.29, 1.82) is 0 Å². The van der Waals surface area contributed by atoms with Crippen molar-refractivity contribution in [2.24, 2.45) is 5.92 Å². The van der Waals surface area contributed by atoms with Crippen molar-refractivity contribution in [3.8, 4) is 0 Å². The van der Waals surface area contributed by atoms with E-state index in [0.29, 0.717) is 38.8 Å². The largest absolute Gasteiger partial charge is 0.361 e. The molecule has 0 saturated carbocycles. The number of ketones is 1. The number of nitrogens with one attached hydrogen (secondary N) is 2. The summed E-state index contributed by atoms with van der Waals surface area (Å²) in [5.74, 6) is -1.11. The maximum atomic E-state index is 14.1. The number of para-hydroxylation sites is 1. The van der Waals surface area contributed by atoms with Gasteiger partial charge in [0.15, 0.2) is 0 Å². The lowest BCUT2D eigenvalue weighted by molar-refractivity contribution is -0.148. The van der Waals surface area contributed by atoms with E-state index in [4.69, 9.17) is 0 Å². The van der Waals surface area contributed by atoms with E-state index in [1.807, 2.05) is 60.8 Å². The van der Waals surface area contributed by atoms with Crippen LogP contribution in [0.3, 0.4) is 0 Å². The fourth-order valence-electron chi connectivity index (χ4n) is 6.83. The Balaban J connectivity index is 1.34. The highest BCUT2D eigenvalue weighted by molar-refractivity contribution is 5.95. The maximum absolute atomic E-state index is 14.1. The van der Waals surface area contributed by atoms with Crippen LogP contribution in [-0.4, -0.2) is 69.5 Å². The second kappa shape index (κ2) is 11.3. The zero-order valence-electron chi connectivity index (χ0n) is 22.7. The molecular weight excluding hydrogens is 504 g/mol. The number of rotatable bonds is 4. The second-order valence-electron chi connectivity index (χ2n) is 11.5. The van der Waals surface area contributed by atoms with Crippen LogP contribution in [0.2, 0.25) is 0 Å². The molecule has 2 N–H and O–H groups in total. The summed E-state index contributed by atoms with van der Waals surface area (Å²) in [5.41, 5.74) is 3.00. The molecular formula is C32H36N4O4. The summed E-state index contributed by atoms with van der Waals surface area (Å²) in [4.78, 5) is 61.7. The summed E-state index contributed by atoms with van der Waals surface area (Å²) in [6.45, 7) is 1.01.